The van der Waals surface area contributed by atoms with Gasteiger partial charge >= 0.3 is 42.6 Å². The number of aliphatic hydroxyl groups is 1. The van der Waals surface area contributed by atoms with Crippen molar-refractivity contribution in [1.82, 2.24) is 39.5 Å². The summed E-state index contributed by atoms with van der Waals surface area (Å²) in [5.41, 5.74) is 1.46. The molecule has 29 heteroatoms. The SMILES string of the molecule is N#CCC1(n2cc(-c3ncnc4[nH]ccc34)cn2)CN(C2CCC(Oc3cc(CN4CC(O)C4)cc(C(F)(F)F)n3)CC2)C1.O=C(O)C(F)(F)F.O=C(O)C(F)(F)F.O=C(O)C(F)(F)F. The minimum Gasteiger partial charge on any atom is -0.475 e. The van der Waals surface area contributed by atoms with Gasteiger partial charge in [0.1, 0.15) is 29.3 Å². The number of aromatic nitrogens is 6. The fraction of sp³-hybridized carbons (Fsp3) is 0.500. The molecule has 3 aliphatic rings. The van der Waals surface area contributed by atoms with E-state index in [1.807, 2.05) is 28.0 Å². The van der Waals surface area contributed by atoms with E-state index in [2.05, 4.69) is 36.0 Å². The van der Waals surface area contributed by atoms with Gasteiger partial charge in [0.15, 0.2) is 0 Å². The van der Waals surface area contributed by atoms with Gasteiger partial charge in [0.25, 0.3) is 0 Å². The van der Waals surface area contributed by atoms with Gasteiger partial charge in [0.2, 0.25) is 5.88 Å². The number of carboxylic acids is 3. The zero-order chi connectivity index (χ0) is 48.7. The number of carboxylic acid groups (broad SMARTS) is 3. The molecule has 0 aromatic carbocycles. The van der Waals surface area contributed by atoms with Crippen LogP contribution in [-0.4, -0.2) is 141 Å². The fourth-order valence-corrected chi connectivity index (χ4v) is 6.74. The molecule has 0 atom stereocenters. The number of hydrogen-bond acceptors (Lipinski definition) is 12. The average Bonchev–Trinajstić information content (AvgIpc) is 3.86. The molecular formula is C36H35F12N9O8. The van der Waals surface area contributed by atoms with E-state index in [1.165, 1.54) is 6.33 Å². The lowest BCUT2D eigenvalue weighted by molar-refractivity contribution is -0.193. The van der Waals surface area contributed by atoms with Crippen LogP contribution in [0.4, 0.5) is 52.7 Å². The van der Waals surface area contributed by atoms with Crippen molar-refractivity contribution in [3.63, 3.8) is 0 Å². The Hall–Kier alpha value is -6.28. The summed E-state index contributed by atoms with van der Waals surface area (Å²) in [4.78, 5) is 46.5. The molecule has 65 heavy (non-hydrogen) atoms. The van der Waals surface area contributed by atoms with Crippen LogP contribution in [0, 0.1) is 11.3 Å². The number of aliphatic hydroxyl groups excluding tert-OH is 1. The first kappa shape index (κ1) is 51.4. The van der Waals surface area contributed by atoms with E-state index in [0.29, 0.717) is 63.6 Å². The van der Waals surface area contributed by atoms with Crippen molar-refractivity contribution < 1.29 is 92.2 Å². The summed E-state index contributed by atoms with van der Waals surface area (Å²) >= 11 is 0. The Morgan fingerprint density at radius 2 is 1.42 bits per heavy atom. The second-order valence-corrected chi connectivity index (χ2v) is 14.6. The van der Waals surface area contributed by atoms with E-state index in [1.54, 1.807) is 12.3 Å². The largest absolute Gasteiger partial charge is 0.490 e. The number of rotatable bonds is 8. The molecule has 17 nitrogen and oxygen atoms in total. The third-order valence-electron chi connectivity index (χ3n) is 9.77. The third kappa shape index (κ3) is 14.1. The number of halogens is 12. The number of nitriles is 1. The molecule has 2 aliphatic heterocycles. The summed E-state index contributed by atoms with van der Waals surface area (Å²) in [5, 5.41) is 46.1. The number of fused-ring (bicyclic) bond motifs is 1. The number of nitrogens with one attached hydrogen (secondary N) is 1. The summed E-state index contributed by atoms with van der Waals surface area (Å²) < 4.78 is 144. The lowest BCUT2D eigenvalue weighted by Gasteiger charge is -2.53. The number of hydrogen-bond donors (Lipinski definition) is 5. The second-order valence-electron chi connectivity index (χ2n) is 14.6. The van der Waals surface area contributed by atoms with Gasteiger partial charge in [-0.2, -0.15) is 63.0 Å². The van der Waals surface area contributed by atoms with Gasteiger partial charge in [-0.15, -0.1) is 0 Å². The maximum absolute atomic E-state index is 13.6. The van der Waals surface area contributed by atoms with Gasteiger partial charge in [0, 0.05) is 68.2 Å². The van der Waals surface area contributed by atoms with Crippen LogP contribution in [0.25, 0.3) is 22.3 Å². The Morgan fingerprint density at radius 3 is 1.91 bits per heavy atom. The molecule has 5 N–H and O–H groups in total. The van der Waals surface area contributed by atoms with Crippen molar-refractivity contribution in [2.75, 3.05) is 26.2 Å². The molecule has 0 amide bonds. The van der Waals surface area contributed by atoms with Gasteiger partial charge < -0.3 is 30.1 Å². The van der Waals surface area contributed by atoms with Crippen LogP contribution in [0.5, 0.6) is 5.88 Å². The highest BCUT2D eigenvalue weighted by atomic mass is 19.4. The second kappa shape index (κ2) is 20.3. The topological polar surface area (TPSA) is 244 Å². The predicted octanol–water partition coefficient (Wildman–Crippen LogP) is 5.63. The van der Waals surface area contributed by atoms with Crippen LogP contribution in [0.1, 0.15) is 43.4 Å². The molecule has 2 saturated heterocycles. The molecule has 6 heterocycles. The minimum atomic E-state index is -5.08. The Kier molecular flexibility index (Phi) is 16.0. The Balaban J connectivity index is 0.000000366. The normalized spacial score (nSPS) is 19.1. The lowest BCUT2D eigenvalue weighted by Crippen LogP contribution is -2.65. The predicted molar refractivity (Wildman–Crippen MR) is 193 cm³/mol. The standard InChI is InChI=1S/C30H32F3N9O2.3C2HF3O2/c31-30(32,33)25-9-19(12-40-14-22(43)15-40)10-26(39-25)44-23-3-1-21(2-4-23)41-16-29(17-41,6-7-34)42-13-20(11-38-42)27-24-5-8-35-28(24)37-18-36-27;3*3-2(4,5)1(6)7/h5,8-11,13,18,21-23,43H,1-4,6,12,14-17H2,(H,35,36,37);3*(H,6,7). The summed E-state index contributed by atoms with van der Waals surface area (Å²) in [6.07, 6.45) is -10.0. The van der Waals surface area contributed by atoms with E-state index >= 15 is 0 Å². The first-order valence-corrected chi connectivity index (χ1v) is 18.5. The summed E-state index contributed by atoms with van der Waals surface area (Å²) in [6.45, 7) is 2.56. The molecule has 0 spiro atoms. The number of nitrogens with zero attached hydrogens (tertiary/aromatic N) is 8. The quantitative estimate of drug-likeness (QED) is 0.135. The minimum absolute atomic E-state index is 0.00794. The zero-order valence-corrected chi connectivity index (χ0v) is 32.9. The van der Waals surface area contributed by atoms with Gasteiger partial charge in [-0.3, -0.25) is 14.5 Å². The van der Waals surface area contributed by atoms with E-state index in [0.717, 1.165) is 41.2 Å². The van der Waals surface area contributed by atoms with Crippen molar-refractivity contribution in [2.24, 2.45) is 0 Å². The number of ether oxygens (including phenoxy) is 1. The molecule has 4 aromatic heterocycles. The Labute approximate surface area is 356 Å². The average molecular weight is 950 g/mol. The van der Waals surface area contributed by atoms with Crippen LogP contribution in [0.2, 0.25) is 0 Å². The summed E-state index contributed by atoms with van der Waals surface area (Å²) in [6, 6.07) is 7.20. The number of H-pyrrole nitrogens is 1. The van der Waals surface area contributed by atoms with Crippen LogP contribution in [0.3, 0.4) is 0 Å². The molecule has 4 aromatic rings. The first-order chi connectivity index (χ1) is 30.0. The number of aromatic amines is 1. The number of β-amino-alcohol motifs (C(OH)–C–C–N with tert-alkyl or cyclic N) is 1. The van der Waals surface area contributed by atoms with Gasteiger partial charge in [-0.1, -0.05) is 0 Å². The zero-order valence-electron chi connectivity index (χ0n) is 32.9. The highest BCUT2D eigenvalue weighted by Crippen LogP contribution is 2.39. The van der Waals surface area contributed by atoms with E-state index in [4.69, 9.17) is 34.4 Å². The maximum atomic E-state index is 13.6. The number of pyridine rings is 1. The number of alkyl halides is 12. The van der Waals surface area contributed by atoms with Crippen molar-refractivity contribution in [3.8, 4) is 23.2 Å². The van der Waals surface area contributed by atoms with E-state index in [-0.39, 0.29) is 12.0 Å². The smallest absolute Gasteiger partial charge is 0.475 e. The molecule has 1 saturated carbocycles. The van der Waals surface area contributed by atoms with Gasteiger partial charge in [-0.05, 0) is 43.4 Å². The van der Waals surface area contributed by atoms with Gasteiger partial charge in [-0.25, -0.2) is 29.3 Å². The highest BCUT2D eigenvalue weighted by molar-refractivity contribution is 5.90. The molecule has 356 valence electrons. The van der Waals surface area contributed by atoms with Crippen molar-refractivity contribution in [1.29, 1.82) is 5.26 Å². The van der Waals surface area contributed by atoms with E-state index < -0.39 is 59.9 Å². The van der Waals surface area contributed by atoms with Crippen LogP contribution >= 0.6 is 0 Å². The highest BCUT2D eigenvalue weighted by Gasteiger charge is 2.48. The monoisotopic (exact) mass is 949 g/mol. The molecule has 0 radical (unpaired) electrons. The van der Waals surface area contributed by atoms with Crippen LogP contribution in [0.15, 0.2) is 43.1 Å². The van der Waals surface area contributed by atoms with Crippen LogP contribution in [-0.2, 0) is 32.6 Å². The molecule has 1 aliphatic carbocycles. The third-order valence-corrected chi connectivity index (χ3v) is 9.77. The fourth-order valence-electron chi connectivity index (χ4n) is 6.74. The summed E-state index contributed by atoms with van der Waals surface area (Å²) in [7, 11) is 0. The molecule has 0 bridgehead atoms. The van der Waals surface area contributed by atoms with E-state index in [9.17, 15) is 63.1 Å². The molecular weight excluding hydrogens is 914 g/mol. The van der Waals surface area contributed by atoms with Gasteiger partial charge in [0.05, 0.1) is 30.5 Å². The Bertz CT molecular complexity index is 2250. The molecule has 7 rings (SSSR count). The number of likely N-dealkylation sites (tertiary alicyclic amines) is 2. The molecule has 3 fully saturated rings. The van der Waals surface area contributed by atoms with Crippen molar-refractivity contribution >= 4 is 28.9 Å². The molecule has 0 unspecified atom stereocenters. The lowest BCUT2D eigenvalue weighted by atomic mass is 9.82. The number of aliphatic carboxylic acids is 3. The Morgan fingerprint density at radius 1 is 0.862 bits per heavy atom. The van der Waals surface area contributed by atoms with Crippen molar-refractivity contribution in [2.45, 2.75) is 87.1 Å². The maximum Gasteiger partial charge on any atom is 0.490 e. The summed E-state index contributed by atoms with van der Waals surface area (Å²) in [5.74, 6) is -8.28. The first-order valence-electron chi connectivity index (χ1n) is 18.5. The van der Waals surface area contributed by atoms with Crippen LogP contribution < -0.4 is 4.74 Å². The van der Waals surface area contributed by atoms with Crippen molar-refractivity contribution in [3.05, 3.63) is 54.4 Å². The number of carbonyl (C=O) groups is 3.